The van der Waals surface area contributed by atoms with Gasteiger partial charge in [0.2, 0.25) is 5.88 Å². The molecular weight excluding hydrogens is 336 g/mol. The molecule has 0 aliphatic rings. The van der Waals surface area contributed by atoms with Crippen molar-refractivity contribution in [2.24, 2.45) is 0 Å². The highest BCUT2D eigenvalue weighted by Crippen LogP contribution is 2.31. The van der Waals surface area contributed by atoms with E-state index in [1.54, 1.807) is 25.6 Å². The Bertz CT molecular complexity index is 908. The molecule has 3 aromatic rings. The largest absolute Gasteiger partial charge is 0.481 e. The predicted molar refractivity (Wildman–Crippen MR) is 98.3 cm³/mol. The molecule has 2 aromatic heterocycles. The second-order valence-corrected chi connectivity index (χ2v) is 6.13. The number of ether oxygens (including phenoxy) is 1. The molecule has 2 heterocycles. The number of methoxy groups -OCH3 is 1. The molecule has 0 radical (unpaired) electrons. The summed E-state index contributed by atoms with van der Waals surface area (Å²) in [5.41, 5.74) is 4.33. The van der Waals surface area contributed by atoms with E-state index in [0.29, 0.717) is 23.0 Å². The smallest absolute Gasteiger partial charge is 0.221 e. The van der Waals surface area contributed by atoms with Crippen LogP contribution in [0.1, 0.15) is 28.5 Å². The van der Waals surface area contributed by atoms with Crippen LogP contribution in [0.25, 0.3) is 11.1 Å². The van der Waals surface area contributed by atoms with Gasteiger partial charge in [0.1, 0.15) is 5.69 Å². The van der Waals surface area contributed by atoms with Crippen molar-refractivity contribution in [1.82, 2.24) is 9.97 Å². The zero-order valence-corrected chi connectivity index (χ0v) is 14.7. The van der Waals surface area contributed by atoms with Crippen LogP contribution in [0, 0.1) is 0 Å². The highest BCUT2D eigenvalue weighted by atomic mass is 35.5. The second kappa shape index (κ2) is 7.45. The minimum absolute atomic E-state index is 0.0408. The van der Waals surface area contributed by atoms with E-state index >= 15 is 0 Å². The van der Waals surface area contributed by atoms with E-state index in [0.717, 1.165) is 22.3 Å². The standard InChI is InChI=1S/C20H17ClN2O2/c1-13(24)19-7-6-14(11-22-19)8-15-9-18(20(25-2)23-12-15)16-4-3-5-17(21)10-16/h3-7,9-12H,8H2,1-2H3. The molecular formula is C20H17ClN2O2. The van der Waals surface area contributed by atoms with E-state index in [9.17, 15) is 4.79 Å². The lowest BCUT2D eigenvalue weighted by Crippen LogP contribution is -1.99. The number of aromatic nitrogens is 2. The number of ketones is 1. The number of benzene rings is 1. The number of hydrogen-bond donors (Lipinski definition) is 0. The van der Waals surface area contributed by atoms with Crippen LogP contribution in [0.15, 0.2) is 54.9 Å². The van der Waals surface area contributed by atoms with Gasteiger partial charge >= 0.3 is 0 Å². The van der Waals surface area contributed by atoms with Crippen molar-refractivity contribution in [1.29, 1.82) is 0 Å². The number of rotatable bonds is 5. The first-order valence-electron chi connectivity index (χ1n) is 7.81. The third-order valence-electron chi connectivity index (χ3n) is 3.83. The van der Waals surface area contributed by atoms with Gasteiger partial charge in [-0.25, -0.2) is 4.98 Å². The molecule has 25 heavy (non-hydrogen) atoms. The summed E-state index contributed by atoms with van der Waals surface area (Å²) in [4.78, 5) is 19.9. The van der Waals surface area contributed by atoms with Gasteiger partial charge in [-0.1, -0.05) is 29.8 Å². The first-order valence-corrected chi connectivity index (χ1v) is 8.19. The summed E-state index contributed by atoms with van der Waals surface area (Å²) in [5, 5.41) is 0.661. The van der Waals surface area contributed by atoms with E-state index in [-0.39, 0.29) is 5.78 Å². The van der Waals surface area contributed by atoms with Crippen molar-refractivity contribution in [2.45, 2.75) is 13.3 Å². The monoisotopic (exact) mass is 352 g/mol. The van der Waals surface area contributed by atoms with Gasteiger partial charge in [-0.15, -0.1) is 0 Å². The lowest BCUT2D eigenvalue weighted by molar-refractivity contribution is 0.101. The Morgan fingerprint density at radius 2 is 1.88 bits per heavy atom. The van der Waals surface area contributed by atoms with Crippen LogP contribution in [0.3, 0.4) is 0 Å². The summed E-state index contributed by atoms with van der Waals surface area (Å²) in [7, 11) is 1.60. The molecule has 0 saturated heterocycles. The summed E-state index contributed by atoms with van der Waals surface area (Å²) < 4.78 is 5.38. The van der Waals surface area contributed by atoms with E-state index in [4.69, 9.17) is 16.3 Å². The third-order valence-corrected chi connectivity index (χ3v) is 4.07. The van der Waals surface area contributed by atoms with Gasteiger partial charge in [-0.3, -0.25) is 9.78 Å². The summed E-state index contributed by atoms with van der Waals surface area (Å²) in [6.07, 6.45) is 4.17. The molecule has 0 fully saturated rings. The van der Waals surface area contributed by atoms with Crippen LogP contribution in [0.2, 0.25) is 5.02 Å². The van der Waals surface area contributed by atoms with Crippen LogP contribution >= 0.6 is 11.6 Å². The molecule has 3 rings (SSSR count). The maximum atomic E-state index is 11.3. The number of nitrogens with zero attached hydrogens (tertiary/aromatic N) is 2. The van der Waals surface area contributed by atoms with E-state index in [1.807, 2.05) is 36.4 Å². The number of halogens is 1. The fraction of sp³-hybridized carbons (Fsp3) is 0.150. The second-order valence-electron chi connectivity index (χ2n) is 5.70. The highest BCUT2D eigenvalue weighted by Gasteiger charge is 2.10. The molecule has 0 amide bonds. The van der Waals surface area contributed by atoms with E-state index < -0.39 is 0 Å². The first kappa shape index (κ1) is 17.1. The van der Waals surface area contributed by atoms with Gasteiger partial charge in [0.25, 0.3) is 0 Å². The van der Waals surface area contributed by atoms with Crippen molar-refractivity contribution in [3.63, 3.8) is 0 Å². The lowest BCUT2D eigenvalue weighted by Gasteiger charge is -2.10. The molecule has 0 aliphatic carbocycles. The predicted octanol–water partition coefficient (Wildman–Crippen LogP) is 4.60. The van der Waals surface area contributed by atoms with E-state index in [1.165, 1.54) is 6.92 Å². The molecule has 0 bridgehead atoms. The van der Waals surface area contributed by atoms with Crippen molar-refractivity contribution >= 4 is 17.4 Å². The Labute approximate surface area is 151 Å². The molecule has 126 valence electrons. The fourth-order valence-electron chi connectivity index (χ4n) is 2.59. The van der Waals surface area contributed by atoms with Crippen LogP contribution in [-0.2, 0) is 6.42 Å². The van der Waals surface area contributed by atoms with Crippen LogP contribution in [0.5, 0.6) is 5.88 Å². The SMILES string of the molecule is COc1ncc(Cc2ccc(C(C)=O)nc2)cc1-c1cccc(Cl)c1. The van der Waals surface area contributed by atoms with Gasteiger partial charge in [0, 0.05) is 36.3 Å². The van der Waals surface area contributed by atoms with Crippen molar-refractivity contribution in [3.05, 3.63) is 76.7 Å². The fourth-order valence-corrected chi connectivity index (χ4v) is 2.78. The van der Waals surface area contributed by atoms with Gasteiger partial charge in [0.05, 0.1) is 7.11 Å². The molecule has 0 saturated carbocycles. The van der Waals surface area contributed by atoms with Crippen molar-refractivity contribution in [2.75, 3.05) is 7.11 Å². The Kier molecular flexibility index (Phi) is 5.10. The summed E-state index contributed by atoms with van der Waals surface area (Å²) in [5.74, 6) is 0.511. The number of carbonyl (C=O) groups excluding carboxylic acids is 1. The topological polar surface area (TPSA) is 52.1 Å². The Morgan fingerprint density at radius 1 is 1.08 bits per heavy atom. The molecule has 0 spiro atoms. The van der Waals surface area contributed by atoms with Gasteiger partial charge in [-0.05, 0) is 41.0 Å². The van der Waals surface area contributed by atoms with Gasteiger partial charge in [0.15, 0.2) is 5.78 Å². The zero-order valence-electron chi connectivity index (χ0n) is 14.0. The quantitative estimate of drug-likeness (QED) is 0.630. The van der Waals surface area contributed by atoms with Crippen LogP contribution in [0.4, 0.5) is 0 Å². The Balaban J connectivity index is 1.92. The molecule has 0 unspecified atom stereocenters. The first-order chi connectivity index (χ1) is 12.1. The van der Waals surface area contributed by atoms with Crippen molar-refractivity contribution < 1.29 is 9.53 Å². The maximum absolute atomic E-state index is 11.3. The average molecular weight is 353 g/mol. The molecule has 5 heteroatoms. The molecule has 4 nitrogen and oxygen atoms in total. The number of pyridine rings is 2. The number of carbonyl (C=O) groups is 1. The van der Waals surface area contributed by atoms with Crippen LogP contribution in [-0.4, -0.2) is 22.9 Å². The summed E-state index contributed by atoms with van der Waals surface area (Å²) in [6, 6.07) is 13.3. The zero-order chi connectivity index (χ0) is 17.8. The third kappa shape index (κ3) is 4.03. The Morgan fingerprint density at radius 3 is 2.52 bits per heavy atom. The summed E-state index contributed by atoms with van der Waals surface area (Å²) in [6.45, 7) is 1.51. The minimum atomic E-state index is -0.0408. The molecule has 0 aliphatic heterocycles. The van der Waals surface area contributed by atoms with Gasteiger partial charge in [-0.2, -0.15) is 0 Å². The highest BCUT2D eigenvalue weighted by molar-refractivity contribution is 6.30. The normalized spacial score (nSPS) is 10.5. The average Bonchev–Trinajstić information content (AvgIpc) is 2.62. The van der Waals surface area contributed by atoms with Gasteiger partial charge < -0.3 is 4.74 Å². The minimum Gasteiger partial charge on any atom is -0.481 e. The number of hydrogen-bond acceptors (Lipinski definition) is 4. The number of Topliss-reactive ketones (excluding diaryl/α,β-unsaturated/α-hetero) is 1. The maximum Gasteiger partial charge on any atom is 0.221 e. The lowest BCUT2D eigenvalue weighted by atomic mass is 10.0. The Hall–Kier alpha value is -2.72. The van der Waals surface area contributed by atoms with Crippen molar-refractivity contribution in [3.8, 4) is 17.0 Å². The molecule has 0 N–H and O–H groups in total. The molecule has 1 aromatic carbocycles. The molecule has 0 atom stereocenters. The van der Waals surface area contributed by atoms with Crippen LogP contribution < -0.4 is 4.74 Å². The van der Waals surface area contributed by atoms with E-state index in [2.05, 4.69) is 9.97 Å². The summed E-state index contributed by atoms with van der Waals surface area (Å²) >= 11 is 6.10.